The third-order valence-corrected chi connectivity index (χ3v) is 3.42. The lowest BCUT2D eigenvalue weighted by Crippen LogP contribution is -2.40. The molecule has 2 atom stereocenters. The summed E-state index contributed by atoms with van der Waals surface area (Å²) in [6, 6.07) is 5.05. The molecule has 0 amide bonds. The summed E-state index contributed by atoms with van der Waals surface area (Å²) >= 11 is 11.9. The van der Waals surface area contributed by atoms with Crippen LogP contribution in [0.15, 0.2) is 18.2 Å². The number of nitrogens with one attached hydrogen (secondary N) is 1. The molecule has 0 saturated carbocycles. The maximum atomic E-state index is 9.90. The molecule has 21 heavy (non-hydrogen) atoms. The Morgan fingerprint density at radius 1 is 1.24 bits per heavy atom. The Labute approximate surface area is 134 Å². The lowest BCUT2D eigenvalue weighted by molar-refractivity contribution is 0.0920. The van der Waals surface area contributed by atoms with Crippen molar-refractivity contribution >= 4 is 23.2 Å². The van der Waals surface area contributed by atoms with Gasteiger partial charge in [-0.15, -0.1) is 0 Å². The molecule has 5 nitrogen and oxygen atoms in total. The molecule has 0 bridgehead atoms. The predicted molar refractivity (Wildman–Crippen MR) is 83.3 cm³/mol. The molecule has 0 heterocycles. The van der Waals surface area contributed by atoms with Crippen molar-refractivity contribution in [1.29, 1.82) is 0 Å². The van der Waals surface area contributed by atoms with Crippen LogP contribution < -0.4 is 10.1 Å². The van der Waals surface area contributed by atoms with Gasteiger partial charge in [0.1, 0.15) is 12.7 Å². The molecule has 0 aromatic heterocycles. The van der Waals surface area contributed by atoms with Gasteiger partial charge < -0.3 is 25.0 Å². The van der Waals surface area contributed by atoms with Crippen molar-refractivity contribution < 1.29 is 19.7 Å². The predicted octanol–water partition coefficient (Wildman–Crippen LogP) is 1.72. The summed E-state index contributed by atoms with van der Waals surface area (Å²) in [5, 5.41) is 22.7. The lowest BCUT2D eigenvalue weighted by atomic mass is 10.2. The summed E-state index contributed by atoms with van der Waals surface area (Å²) in [5.74, 6) is 0.365. The van der Waals surface area contributed by atoms with Gasteiger partial charge in [0.25, 0.3) is 0 Å². The summed E-state index contributed by atoms with van der Waals surface area (Å²) in [5.41, 5.74) is 0. The van der Waals surface area contributed by atoms with E-state index in [-0.39, 0.29) is 19.3 Å². The van der Waals surface area contributed by atoms with Gasteiger partial charge in [0.05, 0.1) is 16.7 Å². The van der Waals surface area contributed by atoms with Crippen LogP contribution in [-0.4, -0.2) is 55.8 Å². The summed E-state index contributed by atoms with van der Waals surface area (Å²) < 4.78 is 10.5. The van der Waals surface area contributed by atoms with Crippen molar-refractivity contribution in [2.24, 2.45) is 0 Å². The molecule has 0 radical (unpaired) electrons. The van der Waals surface area contributed by atoms with Gasteiger partial charge in [0.2, 0.25) is 0 Å². The van der Waals surface area contributed by atoms with Crippen molar-refractivity contribution in [1.82, 2.24) is 5.32 Å². The highest BCUT2D eigenvalue weighted by molar-refractivity contribution is 6.37. The van der Waals surface area contributed by atoms with E-state index in [2.05, 4.69) is 5.32 Å². The van der Waals surface area contributed by atoms with Gasteiger partial charge in [-0.25, -0.2) is 0 Å². The van der Waals surface area contributed by atoms with E-state index in [1.807, 2.05) is 0 Å². The van der Waals surface area contributed by atoms with E-state index in [1.165, 1.54) is 0 Å². The molecular formula is C14H21Cl2NO4. The van der Waals surface area contributed by atoms with E-state index in [1.54, 1.807) is 25.3 Å². The fourth-order valence-corrected chi connectivity index (χ4v) is 2.27. The van der Waals surface area contributed by atoms with Gasteiger partial charge in [0.15, 0.2) is 5.75 Å². The average molecular weight is 338 g/mol. The standard InChI is InChI=1S/C14H21Cl2NO4/c1-20-8-10(5-6-18)17-7-11(19)9-21-14-12(15)3-2-4-13(14)16/h2-4,10-11,17-19H,5-9H2,1H3. The van der Waals surface area contributed by atoms with Crippen LogP contribution in [0.2, 0.25) is 10.0 Å². The topological polar surface area (TPSA) is 71.0 Å². The fraction of sp³-hybridized carbons (Fsp3) is 0.571. The van der Waals surface area contributed by atoms with Gasteiger partial charge in [0, 0.05) is 26.3 Å². The van der Waals surface area contributed by atoms with Crippen molar-refractivity contribution in [2.75, 3.05) is 33.5 Å². The third-order valence-electron chi connectivity index (χ3n) is 2.83. The minimum Gasteiger partial charge on any atom is -0.488 e. The SMILES string of the molecule is COCC(CCO)NCC(O)COc1c(Cl)cccc1Cl. The first-order valence-electron chi connectivity index (χ1n) is 6.66. The van der Waals surface area contributed by atoms with E-state index in [4.69, 9.17) is 37.8 Å². The van der Waals surface area contributed by atoms with E-state index < -0.39 is 6.10 Å². The highest BCUT2D eigenvalue weighted by Gasteiger charge is 2.13. The molecule has 3 N–H and O–H groups in total. The maximum Gasteiger partial charge on any atom is 0.156 e. The molecule has 1 aromatic carbocycles. The highest BCUT2D eigenvalue weighted by Crippen LogP contribution is 2.32. The Balaban J connectivity index is 2.38. The number of halogens is 2. The molecular weight excluding hydrogens is 317 g/mol. The maximum absolute atomic E-state index is 9.90. The Kier molecular flexibility index (Phi) is 8.99. The molecule has 0 aliphatic rings. The van der Waals surface area contributed by atoms with Crippen LogP contribution in [0.25, 0.3) is 0 Å². The molecule has 7 heteroatoms. The smallest absolute Gasteiger partial charge is 0.156 e. The highest BCUT2D eigenvalue weighted by atomic mass is 35.5. The van der Waals surface area contributed by atoms with Crippen LogP contribution in [0.3, 0.4) is 0 Å². The normalized spacial score (nSPS) is 14.0. The number of hydrogen-bond donors (Lipinski definition) is 3. The molecule has 0 fully saturated rings. The number of aliphatic hydroxyl groups is 2. The number of hydrogen-bond acceptors (Lipinski definition) is 5. The van der Waals surface area contributed by atoms with Crippen LogP contribution in [0.5, 0.6) is 5.75 Å². The van der Waals surface area contributed by atoms with E-state index in [0.717, 1.165) is 0 Å². The summed E-state index contributed by atoms with van der Waals surface area (Å²) in [6.07, 6.45) is -0.173. The van der Waals surface area contributed by atoms with Gasteiger partial charge in [-0.1, -0.05) is 29.3 Å². The van der Waals surface area contributed by atoms with Crippen LogP contribution >= 0.6 is 23.2 Å². The molecule has 2 unspecified atom stereocenters. The minimum atomic E-state index is -0.726. The summed E-state index contributed by atoms with van der Waals surface area (Å²) in [4.78, 5) is 0. The van der Waals surface area contributed by atoms with Gasteiger partial charge in [-0.3, -0.25) is 0 Å². The third kappa shape index (κ3) is 6.82. The van der Waals surface area contributed by atoms with Crippen LogP contribution in [0.1, 0.15) is 6.42 Å². The largest absolute Gasteiger partial charge is 0.488 e. The number of benzene rings is 1. The average Bonchev–Trinajstić information content (AvgIpc) is 2.44. The second-order valence-electron chi connectivity index (χ2n) is 4.59. The van der Waals surface area contributed by atoms with Crippen LogP contribution in [0.4, 0.5) is 0 Å². The van der Waals surface area contributed by atoms with Gasteiger partial charge in [-0.2, -0.15) is 0 Å². The Hall–Kier alpha value is -0.560. The fourth-order valence-electron chi connectivity index (χ4n) is 1.76. The zero-order chi connectivity index (χ0) is 15.7. The molecule has 0 aliphatic carbocycles. The zero-order valence-electron chi connectivity index (χ0n) is 11.9. The van der Waals surface area contributed by atoms with E-state index in [0.29, 0.717) is 35.4 Å². The quantitative estimate of drug-likeness (QED) is 0.606. The summed E-state index contributed by atoms with van der Waals surface area (Å²) in [6.45, 7) is 0.901. The number of methoxy groups -OCH3 is 1. The van der Waals surface area contributed by atoms with E-state index in [9.17, 15) is 5.11 Å². The first-order chi connectivity index (χ1) is 10.1. The number of ether oxygens (including phenoxy) is 2. The van der Waals surface area contributed by atoms with Crippen LogP contribution in [-0.2, 0) is 4.74 Å². The van der Waals surface area contributed by atoms with Crippen molar-refractivity contribution in [3.63, 3.8) is 0 Å². The molecule has 1 aromatic rings. The lowest BCUT2D eigenvalue weighted by Gasteiger charge is -2.20. The monoisotopic (exact) mass is 337 g/mol. The molecule has 0 spiro atoms. The van der Waals surface area contributed by atoms with Crippen LogP contribution in [0, 0.1) is 0 Å². The first kappa shape index (κ1) is 18.5. The molecule has 0 aliphatic heterocycles. The van der Waals surface area contributed by atoms with Gasteiger partial charge >= 0.3 is 0 Å². The molecule has 120 valence electrons. The second kappa shape index (κ2) is 10.2. The Morgan fingerprint density at radius 3 is 2.48 bits per heavy atom. The molecule has 0 saturated heterocycles. The minimum absolute atomic E-state index is 0.0152. The van der Waals surface area contributed by atoms with E-state index >= 15 is 0 Å². The van der Waals surface area contributed by atoms with Crippen molar-refractivity contribution in [2.45, 2.75) is 18.6 Å². The zero-order valence-corrected chi connectivity index (χ0v) is 13.4. The second-order valence-corrected chi connectivity index (χ2v) is 5.40. The Morgan fingerprint density at radius 2 is 1.90 bits per heavy atom. The van der Waals surface area contributed by atoms with Crippen molar-refractivity contribution in [3.8, 4) is 5.75 Å². The van der Waals surface area contributed by atoms with Crippen molar-refractivity contribution in [3.05, 3.63) is 28.2 Å². The number of para-hydroxylation sites is 1. The summed E-state index contributed by atoms with van der Waals surface area (Å²) in [7, 11) is 1.59. The number of aliphatic hydroxyl groups excluding tert-OH is 2. The first-order valence-corrected chi connectivity index (χ1v) is 7.42. The van der Waals surface area contributed by atoms with Gasteiger partial charge in [-0.05, 0) is 18.6 Å². The molecule has 1 rings (SSSR count). The Bertz CT molecular complexity index is 394. The number of rotatable bonds is 10.